The van der Waals surface area contributed by atoms with E-state index in [1.54, 1.807) is 18.2 Å². The van der Waals surface area contributed by atoms with Gasteiger partial charge in [0.1, 0.15) is 5.75 Å². The predicted octanol–water partition coefficient (Wildman–Crippen LogP) is 2.54. The third-order valence-corrected chi connectivity index (χ3v) is 2.79. The van der Waals surface area contributed by atoms with Gasteiger partial charge in [-0.05, 0) is 18.2 Å². The van der Waals surface area contributed by atoms with E-state index in [9.17, 15) is 4.79 Å². The second-order valence-electron chi connectivity index (χ2n) is 4.24. The van der Waals surface area contributed by atoms with E-state index >= 15 is 0 Å². The van der Waals surface area contributed by atoms with Crippen molar-refractivity contribution in [2.75, 3.05) is 23.8 Å². The summed E-state index contributed by atoms with van der Waals surface area (Å²) in [5, 5.41) is 14.4. The van der Waals surface area contributed by atoms with Crippen LogP contribution in [0.1, 0.15) is 6.42 Å². The number of benzene rings is 1. The molecule has 0 spiro atoms. The van der Waals surface area contributed by atoms with Crippen LogP contribution in [0.15, 0.2) is 36.8 Å². The Kier molecular flexibility index (Phi) is 5.93. The number of nitrogens with one attached hydrogen (secondary N) is 2. The number of hydrogen-bond donors (Lipinski definition) is 3. The van der Waals surface area contributed by atoms with Crippen molar-refractivity contribution in [3.63, 3.8) is 0 Å². The Labute approximate surface area is 132 Å². The Morgan fingerprint density at radius 1 is 1.32 bits per heavy atom. The molecule has 7 nitrogen and oxygen atoms in total. The van der Waals surface area contributed by atoms with Gasteiger partial charge in [0.05, 0.1) is 18.5 Å². The first-order valence-corrected chi connectivity index (χ1v) is 6.94. The lowest BCUT2D eigenvalue weighted by Gasteiger charge is -2.13. The van der Waals surface area contributed by atoms with Crippen LogP contribution in [0.2, 0.25) is 5.02 Å². The minimum Gasteiger partial charge on any atom is -0.491 e. The highest BCUT2D eigenvalue weighted by atomic mass is 35.5. The van der Waals surface area contributed by atoms with Crippen molar-refractivity contribution in [1.82, 2.24) is 9.97 Å². The van der Waals surface area contributed by atoms with Crippen LogP contribution in [0.5, 0.6) is 5.75 Å². The van der Waals surface area contributed by atoms with Crippen molar-refractivity contribution in [3.8, 4) is 5.75 Å². The maximum Gasteiger partial charge on any atom is 0.325 e. The summed E-state index contributed by atoms with van der Waals surface area (Å²) in [6.07, 6.45) is 4.90. The van der Waals surface area contributed by atoms with E-state index in [0.717, 1.165) is 0 Å². The number of halogens is 1. The lowest BCUT2D eigenvalue weighted by Crippen LogP contribution is -2.20. The third-order valence-electron chi connectivity index (χ3n) is 2.55. The number of carbonyl (C=O) groups is 1. The van der Waals surface area contributed by atoms with E-state index in [2.05, 4.69) is 20.6 Å². The Morgan fingerprint density at radius 3 is 2.91 bits per heavy atom. The van der Waals surface area contributed by atoms with E-state index in [4.69, 9.17) is 21.4 Å². The van der Waals surface area contributed by atoms with Gasteiger partial charge < -0.3 is 15.2 Å². The molecule has 0 aliphatic heterocycles. The van der Waals surface area contributed by atoms with E-state index in [1.807, 2.05) is 0 Å². The maximum atomic E-state index is 11.9. The molecule has 1 heterocycles. The van der Waals surface area contributed by atoms with Gasteiger partial charge in [-0.1, -0.05) is 11.6 Å². The van der Waals surface area contributed by atoms with Crippen LogP contribution in [0, 0.1) is 0 Å². The average Bonchev–Trinajstić information content (AvgIpc) is 2.50. The molecule has 0 saturated heterocycles. The van der Waals surface area contributed by atoms with Gasteiger partial charge in [0.15, 0.2) is 5.82 Å². The summed E-state index contributed by atoms with van der Waals surface area (Å²) in [5.41, 5.74) is 0.423. The van der Waals surface area contributed by atoms with Gasteiger partial charge in [-0.2, -0.15) is 0 Å². The van der Waals surface area contributed by atoms with Crippen molar-refractivity contribution in [3.05, 3.63) is 41.8 Å². The fourth-order valence-corrected chi connectivity index (χ4v) is 1.78. The minimum absolute atomic E-state index is 0.0313. The van der Waals surface area contributed by atoms with Gasteiger partial charge in [-0.25, -0.2) is 9.78 Å². The zero-order valence-electron chi connectivity index (χ0n) is 11.6. The number of hydrogen-bond acceptors (Lipinski definition) is 5. The highest BCUT2D eigenvalue weighted by Gasteiger charge is 2.09. The SMILES string of the molecule is O=C(Nc1cnccn1)Nc1cc(Cl)ccc1OCCCO. The van der Waals surface area contributed by atoms with Crippen LogP contribution in [-0.2, 0) is 0 Å². The number of aliphatic hydroxyl groups excluding tert-OH is 1. The Hall–Kier alpha value is -2.38. The van der Waals surface area contributed by atoms with E-state index in [1.165, 1.54) is 18.6 Å². The highest BCUT2D eigenvalue weighted by molar-refractivity contribution is 6.31. The molecule has 3 N–H and O–H groups in total. The first-order chi connectivity index (χ1) is 10.7. The second-order valence-corrected chi connectivity index (χ2v) is 4.67. The van der Waals surface area contributed by atoms with Crippen LogP contribution in [-0.4, -0.2) is 34.3 Å². The summed E-state index contributed by atoms with van der Waals surface area (Å²) in [7, 11) is 0. The molecule has 0 bridgehead atoms. The van der Waals surface area contributed by atoms with Crippen molar-refractivity contribution < 1.29 is 14.6 Å². The molecule has 0 atom stereocenters. The number of carbonyl (C=O) groups excluding carboxylic acids is 1. The van der Waals surface area contributed by atoms with Gasteiger partial charge in [0.2, 0.25) is 0 Å². The molecule has 0 radical (unpaired) electrons. The molecule has 116 valence electrons. The number of urea groups is 1. The van der Waals surface area contributed by atoms with Gasteiger partial charge >= 0.3 is 6.03 Å². The van der Waals surface area contributed by atoms with Crippen LogP contribution in [0.25, 0.3) is 0 Å². The number of rotatable bonds is 6. The van der Waals surface area contributed by atoms with Gasteiger partial charge in [-0.15, -0.1) is 0 Å². The molecule has 2 aromatic rings. The van der Waals surface area contributed by atoms with Gasteiger partial charge in [-0.3, -0.25) is 10.3 Å². The highest BCUT2D eigenvalue weighted by Crippen LogP contribution is 2.28. The van der Waals surface area contributed by atoms with Crippen molar-refractivity contribution in [2.24, 2.45) is 0 Å². The molecule has 8 heteroatoms. The number of aromatic nitrogens is 2. The fourth-order valence-electron chi connectivity index (χ4n) is 1.61. The van der Waals surface area contributed by atoms with Crippen molar-refractivity contribution in [2.45, 2.75) is 6.42 Å². The first-order valence-electron chi connectivity index (χ1n) is 6.56. The maximum absolute atomic E-state index is 11.9. The zero-order chi connectivity index (χ0) is 15.8. The van der Waals surface area contributed by atoms with E-state index in [-0.39, 0.29) is 6.61 Å². The monoisotopic (exact) mass is 322 g/mol. The Bertz CT molecular complexity index is 625. The molecule has 1 aromatic heterocycles. The molecule has 1 aromatic carbocycles. The molecule has 0 saturated carbocycles. The van der Waals surface area contributed by atoms with Crippen LogP contribution in [0.3, 0.4) is 0 Å². The predicted molar refractivity (Wildman–Crippen MR) is 83.3 cm³/mol. The zero-order valence-corrected chi connectivity index (χ0v) is 12.4. The molecule has 0 aliphatic rings. The summed E-state index contributed by atoms with van der Waals surface area (Å²) in [5.74, 6) is 0.789. The molecule has 0 fully saturated rings. The standard InChI is InChI=1S/C14H15ClN4O3/c15-10-2-3-12(22-7-1-6-20)11(8-10)18-14(21)19-13-9-16-4-5-17-13/h2-5,8-9,20H,1,6-7H2,(H2,17,18,19,21). The fraction of sp³-hybridized carbons (Fsp3) is 0.214. The van der Waals surface area contributed by atoms with Crippen LogP contribution >= 0.6 is 11.6 Å². The molecular weight excluding hydrogens is 308 g/mol. The largest absolute Gasteiger partial charge is 0.491 e. The topological polar surface area (TPSA) is 96.4 Å². The number of amides is 2. The molecule has 2 rings (SSSR count). The van der Waals surface area contributed by atoms with Gasteiger partial charge in [0.25, 0.3) is 0 Å². The van der Waals surface area contributed by atoms with E-state index < -0.39 is 6.03 Å². The number of nitrogens with zero attached hydrogens (tertiary/aromatic N) is 2. The summed E-state index contributed by atoms with van der Waals surface area (Å²) < 4.78 is 5.49. The van der Waals surface area contributed by atoms with Crippen molar-refractivity contribution in [1.29, 1.82) is 0 Å². The average molecular weight is 323 g/mol. The molecular formula is C14H15ClN4O3. The number of aliphatic hydroxyl groups is 1. The number of ether oxygens (including phenoxy) is 1. The molecule has 0 unspecified atom stereocenters. The van der Waals surface area contributed by atoms with E-state index in [0.29, 0.717) is 35.3 Å². The van der Waals surface area contributed by atoms with Crippen LogP contribution in [0.4, 0.5) is 16.3 Å². The molecule has 2 amide bonds. The second kappa shape index (κ2) is 8.16. The molecule has 0 aliphatic carbocycles. The quantitative estimate of drug-likeness (QED) is 0.710. The Balaban J connectivity index is 2.03. The smallest absolute Gasteiger partial charge is 0.325 e. The Morgan fingerprint density at radius 2 is 2.18 bits per heavy atom. The summed E-state index contributed by atoms with van der Waals surface area (Å²) in [4.78, 5) is 19.7. The first kappa shape index (κ1) is 16.0. The molecule has 22 heavy (non-hydrogen) atoms. The van der Waals surface area contributed by atoms with Crippen molar-refractivity contribution >= 4 is 29.1 Å². The van der Waals surface area contributed by atoms with Crippen LogP contribution < -0.4 is 15.4 Å². The minimum atomic E-state index is -0.491. The van der Waals surface area contributed by atoms with Gasteiger partial charge in [0, 0.05) is 30.4 Å². The lowest BCUT2D eigenvalue weighted by molar-refractivity contribution is 0.234. The number of anilines is 2. The summed E-state index contributed by atoms with van der Waals surface area (Å²) in [6.45, 7) is 0.363. The normalized spacial score (nSPS) is 10.1. The lowest BCUT2D eigenvalue weighted by atomic mass is 10.3. The third kappa shape index (κ3) is 4.87. The summed E-state index contributed by atoms with van der Waals surface area (Å²) in [6, 6.07) is 4.39. The summed E-state index contributed by atoms with van der Waals surface area (Å²) >= 11 is 5.93.